The van der Waals surface area contributed by atoms with Crippen molar-refractivity contribution in [1.29, 1.82) is 0 Å². The third-order valence-electron chi connectivity index (χ3n) is 4.61. The van der Waals surface area contributed by atoms with Crippen LogP contribution in [0.25, 0.3) is 0 Å². The average Bonchev–Trinajstić information content (AvgIpc) is 2.58. The molecule has 122 valence electrons. The van der Waals surface area contributed by atoms with Crippen LogP contribution in [0.1, 0.15) is 22.7 Å². The Morgan fingerprint density at radius 3 is 2.39 bits per heavy atom. The number of rotatable bonds is 4. The van der Waals surface area contributed by atoms with Crippen LogP contribution in [0, 0.1) is 5.82 Å². The molecular formula is C19H22FNO2. The predicted molar refractivity (Wildman–Crippen MR) is 88.7 cm³/mol. The molecule has 23 heavy (non-hydrogen) atoms. The predicted octanol–water partition coefficient (Wildman–Crippen LogP) is 3.61. The van der Waals surface area contributed by atoms with Crippen LogP contribution in [-0.4, -0.2) is 32.7 Å². The zero-order valence-corrected chi connectivity index (χ0v) is 13.8. The van der Waals surface area contributed by atoms with Gasteiger partial charge in [-0.05, 0) is 60.8 Å². The molecule has 3 rings (SSSR count). The molecule has 2 aromatic carbocycles. The van der Waals surface area contributed by atoms with E-state index in [0.29, 0.717) is 0 Å². The summed E-state index contributed by atoms with van der Waals surface area (Å²) in [6, 6.07) is 11.2. The van der Waals surface area contributed by atoms with E-state index in [9.17, 15) is 4.39 Å². The van der Waals surface area contributed by atoms with Gasteiger partial charge in [0, 0.05) is 12.6 Å². The lowest BCUT2D eigenvalue weighted by atomic mass is 9.88. The number of halogens is 1. The van der Waals surface area contributed by atoms with Crippen molar-refractivity contribution in [2.75, 3.05) is 27.8 Å². The molecule has 0 N–H and O–H groups in total. The van der Waals surface area contributed by atoms with Crippen LogP contribution < -0.4 is 9.47 Å². The molecule has 1 aliphatic heterocycles. The molecular weight excluding hydrogens is 293 g/mol. The van der Waals surface area contributed by atoms with E-state index in [1.807, 2.05) is 12.1 Å². The van der Waals surface area contributed by atoms with Crippen molar-refractivity contribution >= 4 is 0 Å². The summed E-state index contributed by atoms with van der Waals surface area (Å²) in [6.45, 7) is 0.994. The zero-order valence-electron chi connectivity index (χ0n) is 13.8. The van der Waals surface area contributed by atoms with Crippen LogP contribution in [0.2, 0.25) is 0 Å². The Morgan fingerprint density at radius 1 is 1.09 bits per heavy atom. The number of methoxy groups -OCH3 is 2. The molecule has 1 aliphatic rings. The van der Waals surface area contributed by atoms with Gasteiger partial charge < -0.3 is 9.47 Å². The van der Waals surface area contributed by atoms with Crippen LogP contribution in [0.3, 0.4) is 0 Å². The Morgan fingerprint density at radius 2 is 1.74 bits per heavy atom. The van der Waals surface area contributed by atoms with Gasteiger partial charge in [0.25, 0.3) is 0 Å². The number of likely N-dealkylation sites (N-methyl/N-ethyl adjacent to an activating group) is 1. The van der Waals surface area contributed by atoms with E-state index >= 15 is 0 Å². The second-order valence-electron chi connectivity index (χ2n) is 5.98. The first kappa shape index (κ1) is 15.8. The molecule has 0 saturated heterocycles. The molecule has 2 aromatic rings. The van der Waals surface area contributed by atoms with Gasteiger partial charge in [-0.1, -0.05) is 12.1 Å². The van der Waals surface area contributed by atoms with E-state index in [1.54, 1.807) is 14.2 Å². The molecule has 1 atom stereocenters. The summed E-state index contributed by atoms with van der Waals surface area (Å²) in [4.78, 5) is 2.34. The van der Waals surface area contributed by atoms with Crippen molar-refractivity contribution in [1.82, 2.24) is 4.90 Å². The summed E-state index contributed by atoms with van der Waals surface area (Å²) in [5.74, 6) is 1.33. The molecule has 0 bridgehead atoms. The SMILES string of the molecule is COc1cc2c(cc1OC)C(Cc1ccc(F)cc1)N(C)CC2. The Balaban J connectivity index is 1.96. The van der Waals surface area contributed by atoms with Crippen LogP contribution in [-0.2, 0) is 12.8 Å². The molecule has 1 unspecified atom stereocenters. The highest BCUT2D eigenvalue weighted by Crippen LogP contribution is 2.38. The topological polar surface area (TPSA) is 21.7 Å². The fraction of sp³-hybridized carbons (Fsp3) is 0.368. The first-order chi connectivity index (χ1) is 11.1. The number of ether oxygens (including phenoxy) is 2. The van der Waals surface area contributed by atoms with E-state index in [-0.39, 0.29) is 11.9 Å². The van der Waals surface area contributed by atoms with E-state index in [4.69, 9.17) is 9.47 Å². The second kappa shape index (κ2) is 6.59. The highest BCUT2D eigenvalue weighted by molar-refractivity contribution is 5.49. The number of hydrogen-bond donors (Lipinski definition) is 0. The summed E-state index contributed by atoms with van der Waals surface area (Å²) < 4.78 is 24.0. The standard InChI is InChI=1S/C19H22FNO2/c1-21-9-8-14-11-18(22-2)19(23-3)12-16(14)17(21)10-13-4-6-15(20)7-5-13/h4-7,11-12,17H,8-10H2,1-3H3. The highest BCUT2D eigenvalue weighted by atomic mass is 19.1. The van der Waals surface area contributed by atoms with E-state index in [0.717, 1.165) is 36.4 Å². The fourth-order valence-corrected chi connectivity index (χ4v) is 3.26. The normalized spacial score (nSPS) is 17.7. The van der Waals surface area contributed by atoms with Gasteiger partial charge in [0.15, 0.2) is 11.5 Å². The molecule has 3 nitrogen and oxygen atoms in total. The summed E-state index contributed by atoms with van der Waals surface area (Å²) >= 11 is 0. The Kier molecular flexibility index (Phi) is 4.53. The molecule has 0 amide bonds. The maximum Gasteiger partial charge on any atom is 0.161 e. The monoisotopic (exact) mass is 315 g/mol. The van der Waals surface area contributed by atoms with Crippen molar-refractivity contribution in [2.45, 2.75) is 18.9 Å². The second-order valence-corrected chi connectivity index (χ2v) is 5.98. The first-order valence-corrected chi connectivity index (χ1v) is 7.82. The molecule has 4 heteroatoms. The molecule has 0 aliphatic carbocycles. The largest absolute Gasteiger partial charge is 0.493 e. The van der Waals surface area contributed by atoms with Crippen LogP contribution in [0.5, 0.6) is 11.5 Å². The Labute approximate surface area is 136 Å². The smallest absolute Gasteiger partial charge is 0.161 e. The van der Waals surface area contributed by atoms with Gasteiger partial charge in [0.1, 0.15) is 5.82 Å². The van der Waals surface area contributed by atoms with Gasteiger partial charge >= 0.3 is 0 Å². The van der Waals surface area contributed by atoms with E-state index < -0.39 is 0 Å². The number of benzene rings is 2. The summed E-state index contributed by atoms with van der Waals surface area (Å²) in [7, 11) is 5.45. The van der Waals surface area contributed by atoms with Gasteiger partial charge in [0.2, 0.25) is 0 Å². The lowest BCUT2D eigenvalue weighted by Gasteiger charge is -2.35. The fourth-order valence-electron chi connectivity index (χ4n) is 3.26. The molecule has 0 saturated carbocycles. The van der Waals surface area contributed by atoms with Gasteiger partial charge in [-0.25, -0.2) is 4.39 Å². The molecule has 0 fully saturated rings. The van der Waals surface area contributed by atoms with Crippen molar-refractivity contribution in [3.05, 3.63) is 58.9 Å². The zero-order chi connectivity index (χ0) is 16.4. The van der Waals surface area contributed by atoms with E-state index in [2.05, 4.69) is 24.1 Å². The van der Waals surface area contributed by atoms with Crippen molar-refractivity contribution in [3.8, 4) is 11.5 Å². The van der Waals surface area contributed by atoms with Gasteiger partial charge in [-0.15, -0.1) is 0 Å². The van der Waals surface area contributed by atoms with Crippen LogP contribution >= 0.6 is 0 Å². The Bertz CT molecular complexity index is 685. The number of hydrogen-bond acceptors (Lipinski definition) is 3. The third kappa shape index (κ3) is 3.17. The minimum atomic E-state index is -0.197. The van der Waals surface area contributed by atoms with Crippen LogP contribution in [0.4, 0.5) is 4.39 Å². The van der Waals surface area contributed by atoms with Gasteiger partial charge in [-0.2, -0.15) is 0 Å². The van der Waals surface area contributed by atoms with Crippen molar-refractivity contribution in [2.24, 2.45) is 0 Å². The summed E-state index contributed by atoms with van der Waals surface area (Å²) in [6.07, 6.45) is 1.84. The molecule has 0 spiro atoms. The molecule has 1 heterocycles. The molecule has 0 radical (unpaired) electrons. The molecule has 0 aromatic heterocycles. The first-order valence-electron chi connectivity index (χ1n) is 7.82. The summed E-state index contributed by atoms with van der Waals surface area (Å²) in [5.41, 5.74) is 3.69. The highest BCUT2D eigenvalue weighted by Gasteiger charge is 2.27. The van der Waals surface area contributed by atoms with Crippen molar-refractivity contribution in [3.63, 3.8) is 0 Å². The van der Waals surface area contributed by atoms with Gasteiger partial charge in [0.05, 0.1) is 14.2 Å². The summed E-state index contributed by atoms with van der Waals surface area (Å²) in [5, 5.41) is 0. The minimum absolute atomic E-state index is 0.197. The minimum Gasteiger partial charge on any atom is -0.493 e. The Hall–Kier alpha value is -2.07. The number of nitrogens with zero attached hydrogens (tertiary/aromatic N) is 1. The lowest BCUT2D eigenvalue weighted by molar-refractivity contribution is 0.228. The lowest BCUT2D eigenvalue weighted by Crippen LogP contribution is -2.33. The van der Waals surface area contributed by atoms with Crippen molar-refractivity contribution < 1.29 is 13.9 Å². The maximum atomic E-state index is 13.1. The average molecular weight is 315 g/mol. The van der Waals surface area contributed by atoms with Crippen LogP contribution in [0.15, 0.2) is 36.4 Å². The third-order valence-corrected chi connectivity index (χ3v) is 4.61. The number of fused-ring (bicyclic) bond motifs is 1. The maximum absolute atomic E-state index is 13.1. The quantitative estimate of drug-likeness (QED) is 0.860. The van der Waals surface area contributed by atoms with Gasteiger partial charge in [-0.3, -0.25) is 4.90 Å². The van der Waals surface area contributed by atoms with E-state index in [1.165, 1.54) is 23.3 Å².